The van der Waals surface area contributed by atoms with E-state index in [2.05, 4.69) is 15.5 Å². The molecule has 0 saturated heterocycles. The van der Waals surface area contributed by atoms with Crippen molar-refractivity contribution >= 4 is 29.0 Å². The molecule has 0 aliphatic heterocycles. The van der Waals surface area contributed by atoms with E-state index in [1.54, 1.807) is 18.5 Å². The van der Waals surface area contributed by atoms with Gasteiger partial charge in [0.2, 0.25) is 5.91 Å². The van der Waals surface area contributed by atoms with E-state index >= 15 is 0 Å². The first-order valence-electron chi connectivity index (χ1n) is 8.17. The number of nitro groups is 1. The maximum absolute atomic E-state index is 12.2. The second kappa shape index (κ2) is 8.45. The second-order valence-electron chi connectivity index (χ2n) is 5.72. The number of hydrogen-bond acceptors (Lipinski definition) is 6. The van der Waals surface area contributed by atoms with Crippen molar-refractivity contribution in [1.82, 2.24) is 14.8 Å². The molecule has 1 N–H and O–H groups in total. The van der Waals surface area contributed by atoms with Gasteiger partial charge in [-0.2, -0.15) is 0 Å². The molecule has 0 aliphatic rings. The van der Waals surface area contributed by atoms with Crippen molar-refractivity contribution < 1.29 is 9.72 Å². The van der Waals surface area contributed by atoms with E-state index in [0.717, 1.165) is 5.56 Å². The molecule has 27 heavy (non-hydrogen) atoms. The lowest BCUT2D eigenvalue weighted by molar-refractivity contribution is -0.383. The molecule has 1 amide bonds. The van der Waals surface area contributed by atoms with Gasteiger partial charge < -0.3 is 9.88 Å². The van der Waals surface area contributed by atoms with E-state index in [1.807, 2.05) is 41.8 Å². The highest BCUT2D eigenvalue weighted by Gasteiger charge is 2.17. The number of thioether (sulfide) groups is 1. The molecule has 0 radical (unpaired) electrons. The Morgan fingerprint density at radius 2 is 1.93 bits per heavy atom. The van der Waals surface area contributed by atoms with Crippen LogP contribution < -0.4 is 5.32 Å². The van der Waals surface area contributed by atoms with Crippen LogP contribution in [0.25, 0.3) is 0 Å². The first-order valence-corrected chi connectivity index (χ1v) is 9.15. The van der Waals surface area contributed by atoms with Gasteiger partial charge in [0, 0.05) is 6.07 Å². The Bertz CT molecular complexity index is 945. The number of carbonyl (C=O) groups excluding carboxylic acids is 1. The molecule has 1 aromatic heterocycles. The predicted molar refractivity (Wildman–Crippen MR) is 103 cm³/mol. The predicted octanol–water partition coefficient (Wildman–Crippen LogP) is 3.53. The monoisotopic (exact) mass is 383 g/mol. The van der Waals surface area contributed by atoms with Crippen molar-refractivity contribution in [2.45, 2.75) is 18.1 Å². The van der Waals surface area contributed by atoms with Gasteiger partial charge >= 0.3 is 0 Å². The van der Waals surface area contributed by atoms with Gasteiger partial charge in [-0.3, -0.25) is 14.9 Å². The average Bonchev–Trinajstić information content (AvgIpc) is 3.15. The maximum Gasteiger partial charge on any atom is 0.292 e. The first kappa shape index (κ1) is 18.6. The number of nitro benzene ring substituents is 1. The van der Waals surface area contributed by atoms with Gasteiger partial charge in [0.05, 0.1) is 16.7 Å². The maximum atomic E-state index is 12.2. The van der Waals surface area contributed by atoms with Crippen LogP contribution in [0, 0.1) is 10.1 Å². The normalized spacial score (nSPS) is 11.7. The fraction of sp³-hybridized carbons (Fsp3) is 0.167. The van der Waals surface area contributed by atoms with Crippen molar-refractivity contribution in [3.8, 4) is 0 Å². The molecule has 2 aromatic carbocycles. The van der Waals surface area contributed by atoms with Crippen molar-refractivity contribution in [3.05, 3.63) is 76.6 Å². The fourth-order valence-electron chi connectivity index (χ4n) is 2.55. The number of carbonyl (C=O) groups is 1. The van der Waals surface area contributed by atoms with Crippen LogP contribution in [-0.4, -0.2) is 31.3 Å². The van der Waals surface area contributed by atoms with Crippen LogP contribution >= 0.6 is 11.8 Å². The van der Waals surface area contributed by atoms with Crippen molar-refractivity contribution in [1.29, 1.82) is 0 Å². The smallest absolute Gasteiger partial charge is 0.292 e. The number of nitrogens with one attached hydrogen (secondary N) is 1. The molecule has 1 heterocycles. The number of nitrogens with zero attached hydrogens (tertiary/aromatic N) is 4. The van der Waals surface area contributed by atoms with Gasteiger partial charge in [0.1, 0.15) is 12.0 Å². The Hall–Kier alpha value is -3.20. The number of benzene rings is 2. The molecule has 8 nitrogen and oxygen atoms in total. The van der Waals surface area contributed by atoms with Crippen LogP contribution in [0.1, 0.15) is 18.5 Å². The zero-order valence-corrected chi connectivity index (χ0v) is 15.3. The molecule has 0 unspecified atom stereocenters. The van der Waals surface area contributed by atoms with E-state index in [-0.39, 0.29) is 29.1 Å². The molecule has 0 aliphatic carbocycles. The summed E-state index contributed by atoms with van der Waals surface area (Å²) in [7, 11) is 0. The Kier molecular flexibility index (Phi) is 5.82. The molecule has 3 rings (SSSR count). The summed E-state index contributed by atoms with van der Waals surface area (Å²) >= 11 is 1.23. The van der Waals surface area contributed by atoms with Crippen LogP contribution in [0.2, 0.25) is 0 Å². The number of rotatable bonds is 7. The zero-order chi connectivity index (χ0) is 19.2. The van der Waals surface area contributed by atoms with E-state index in [4.69, 9.17) is 0 Å². The van der Waals surface area contributed by atoms with Gasteiger partial charge in [-0.15, -0.1) is 10.2 Å². The van der Waals surface area contributed by atoms with Gasteiger partial charge in [-0.1, -0.05) is 54.2 Å². The molecule has 3 aromatic rings. The summed E-state index contributed by atoms with van der Waals surface area (Å²) in [6.45, 7) is 2.02. The largest absolute Gasteiger partial charge is 0.320 e. The summed E-state index contributed by atoms with van der Waals surface area (Å²) in [6.07, 6.45) is 1.62. The van der Waals surface area contributed by atoms with E-state index < -0.39 is 4.92 Å². The second-order valence-corrected chi connectivity index (χ2v) is 6.66. The van der Waals surface area contributed by atoms with Crippen LogP contribution in [-0.2, 0) is 4.79 Å². The number of aromatic nitrogens is 3. The fourth-order valence-corrected chi connectivity index (χ4v) is 3.34. The summed E-state index contributed by atoms with van der Waals surface area (Å²) in [5.74, 6) is -0.289. The first-order chi connectivity index (χ1) is 13.1. The quantitative estimate of drug-likeness (QED) is 0.380. The lowest BCUT2D eigenvalue weighted by Crippen LogP contribution is -2.16. The minimum absolute atomic E-state index is 0.0157. The lowest BCUT2D eigenvalue weighted by Gasteiger charge is -2.15. The Labute approximate surface area is 159 Å². The van der Waals surface area contributed by atoms with Crippen LogP contribution in [0.4, 0.5) is 11.4 Å². The summed E-state index contributed by atoms with van der Waals surface area (Å²) in [6, 6.07) is 16.0. The van der Waals surface area contributed by atoms with E-state index in [1.165, 1.54) is 23.9 Å². The molecule has 138 valence electrons. The Balaban J connectivity index is 1.66. The molecule has 9 heteroatoms. The Morgan fingerprint density at radius 3 is 2.67 bits per heavy atom. The molecule has 0 spiro atoms. The van der Waals surface area contributed by atoms with Crippen LogP contribution in [0.3, 0.4) is 0 Å². The summed E-state index contributed by atoms with van der Waals surface area (Å²) < 4.78 is 1.89. The highest BCUT2D eigenvalue weighted by atomic mass is 32.2. The minimum atomic E-state index is -0.527. The molecular weight excluding hydrogens is 366 g/mol. The minimum Gasteiger partial charge on any atom is -0.320 e. The van der Waals surface area contributed by atoms with Crippen LogP contribution in [0.15, 0.2) is 66.1 Å². The third-order valence-corrected chi connectivity index (χ3v) is 4.90. The molecular formula is C18H17N5O3S. The molecule has 1 atom stereocenters. The van der Waals surface area contributed by atoms with Crippen molar-refractivity contribution in [2.24, 2.45) is 0 Å². The van der Waals surface area contributed by atoms with Gasteiger partial charge in [-0.05, 0) is 18.6 Å². The highest BCUT2D eigenvalue weighted by molar-refractivity contribution is 7.99. The van der Waals surface area contributed by atoms with Gasteiger partial charge in [-0.25, -0.2) is 0 Å². The standard InChI is InChI=1S/C18H17N5O3S/c1-13(14-7-3-2-4-8-14)22-12-19-21-18(22)27-11-17(24)20-15-9-5-6-10-16(15)23(25)26/h2-10,12-13H,11H2,1H3,(H,20,24)/t13-/m1/s1. The van der Waals surface area contributed by atoms with Gasteiger partial charge in [0.15, 0.2) is 5.16 Å². The van der Waals surface area contributed by atoms with E-state index in [0.29, 0.717) is 5.16 Å². The number of amides is 1. The van der Waals surface area contributed by atoms with Gasteiger partial charge in [0.25, 0.3) is 5.69 Å². The topological polar surface area (TPSA) is 103 Å². The number of hydrogen-bond donors (Lipinski definition) is 1. The van der Waals surface area contributed by atoms with Crippen molar-refractivity contribution in [2.75, 3.05) is 11.1 Å². The van der Waals surface area contributed by atoms with E-state index in [9.17, 15) is 14.9 Å². The summed E-state index contributed by atoms with van der Waals surface area (Å²) in [4.78, 5) is 22.7. The molecule has 0 bridgehead atoms. The molecule has 0 fully saturated rings. The molecule has 0 saturated carbocycles. The zero-order valence-electron chi connectivity index (χ0n) is 14.5. The summed E-state index contributed by atoms with van der Waals surface area (Å²) in [5, 5.41) is 22.2. The highest BCUT2D eigenvalue weighted by Crippen LogP contribution is 2.26. The average molecular weight is 383 g/mol. The lowest BCUT2D eigenvalue weighted by atomic mass is 10.1. The Morgan fingerprint density at radius 1 is 1.22 bits per heavy atom. The number of anilines is 1. The van der Waals surface area contributed by atoms with Crippen LogP contribution in [0.5, 0.6) is 0 Å². The number of para-hydroxylation sites is 2. The SMILES string of the molecule is C[C@H](c1ccccc1)n1cnnc1SCC(=O)Nc1ccccc1[N+](=O)[O-]. The van der Waals surface area contributed by atoms with Crippen molar-refractivity contribution in [3.63, 3.8) is 0 Å². The third-order valence-electron chi connectivity index (χ3n) is 3.95. The third kappa shape index (κ3) is 4.50. The summed E-state index contributed by atoms with van der Waals surface area (Å²) in [5.41, 5.74) is 1.13.